The first kappa shape index (κ1) is 21.4. The van der Waals surface area contributed by atoms with E-state index in [9.17, 15) is 5.11 Å². The molecule has 2 fully saturated rings. The molecular formula is C23H38N2O3. The van der Waals surface area contributed by atoms with Gasteiger partial charge in [0.2, 0.25) is 0 Å². The van der Waals surface area contributed by atoms with Crippen LogP contribution in [-0.2, 0) is 6.54 Å². The number of methoxy groups -OCH3 is 1. The predicted molar refractivity (Wildman–Crippen MR) is 113 cm³/mol. The van der Waals surface area contributed by atoms with Gasteiger partial charge in [-0.2, -0.15) is 0 Å². The lowest BCUT2D eigenvalue weighted by Crippen LogP contribution is -2.37. The third kappa shape index (κ3) is 5.85. The first-order valence-electron chi connectivity index (χ1n) is 10.9. The quantitative estimate of drug-likeness (QED) is 0.733. The lowest BCUT2D eigenvalue weighted by atomic mass is 10.0. The third-order valence-corrected chi connectivity index (χ3v) is 6.27. The highest BCUT2D eigenvalue weighted by molar-refractivity contribution is 5.43. The van der Waals surface area contributed by atoms with Crippen LogP contribution in [0.1, 0.15) is 57.9 Å². The first-order valence-corrected chi connectivity index (χ1v) is 10.9. The Balaban J connectivity index is 1.53. The topological polar surface area (TPSA) is 45.2 Å². The highest BCUT2D eigenvalue weighted by atomic mass is 16.5. The summed E-state index contributed by atoms with van der Waals surface area (Å²) in [6, 6.07) is 6.17. The number of hydrogen-bond donors (Lipinski definition) is 1. The molecule has 5 nitrogen and oxygen atoms in total. The van der Waals surface area contributed by atoms with Crippen LogP contribution in [0, 0.1) is 0 Å². The molecule has 0 aromatic heterocycles. The van der Waals surface area contributed by atoms with Gasteiger partial charge in [-0.15, -0.1) is 0 Å². The fourth-order valence-electron chi connectivity index (χ4n) is 4.46. The summed E-state index contributed by atoms with van der Waals surface area (Å²) in [7, 11) is 1.68. The second-order valence-corrected chi connectivity index (χ2v) is 9.00. The van der Waals surface area contributed by atoms with Crippen molar-refractivity contribution in [1.82, 2.24) is 9.80 Å². The largest absolute Gasteiger partial charge is 0.493 e. The van der Waals surface area contributed by atoms with Crippen LogP contribution in [0.2, 0.25) is 0 Å². The van der Waals surface area contributed by atoms with E-state index in [4.69, 9.17) is 9.47 Å². The second-order valence-electron chi connectivity index (χ2n) is 9.00. The van der Waals surface area contributed by atoms with Gasteiger partial charge in [0.1, 0.15) is 12.7 Å². The van der Waals surface area contributed by atoms with Crippen molar-refractivity contribution in [2.24, 2.45) is 0 Å². The third-order valence-electron chi connectivity index (χ3n) is 6.27. The fraction of sp³-hybridized carbons (Fsp3) is 0.739. The molecule has 1 atom stereocenters. The van der Waals surface area contributed by atoms with Gasteiger partial charge in [0.15, 0.2) is 11.5 Å². The number of β-amino-alcohol motifs (C(OH)–C–C–N with tert-alkyl or cyclic N) is 1. The zero-order valence-corrected chi connectivity index (χ0v) is 18.0. The van der Waals surface area contributed by atoms with Crippen LogP contribution in [0.5, 0.6) is 11.5 Å². The Hall–Kier alpha value is -1.30. The van der Waals surface area contributed by atoms with Crippen molar-refractivity contribution in [3.05, 3.63) is 23.8 Å². The predicted octanol–water partition coefficient (Wildman–Crippen LogP) is 3.69. The molecule has 0 amide bonds. The van der Waals surface area contributed by atoms with E-state index in [0.717, 1.165) is 31.9 Å². The van der Waals surface area contributed by atoms with Crippen LogP contribution in [0.4, 0.5) is 0 Å². The Morgan fingerprint density at radius 3 is 2.43 bits per heavy atom. The Morgan fingerprint density at radius 1 is 1.04 bits per heavy atom. The summed E-state index contributed by atoms with van der Waals surface area (Å²) in [5.41, 5.74) is 1.50. The number of nitrogens with zero attached hydrogens (tertiary/aromatic N) is 2. The molecule has 0 radical (unpaired) electrons. The van der Waals surface area contributed by atoms with Crippen LogP contribution >= 0.6 is 0 Å². The maximum atomic E-state index is 10.4. The Bertz CT molecular complexity index is 612. The lowest BCUT2D eigenvalue weighted by molar-refractivity contribution is 0.0683. The lowest BCUT2D eigenvalue weighted by Gasteiger charge is -2.31. The molecule has 2 heterocycles. The van der Waals surface area contributed by atoms with Crippen LogP contribution in [0.3, 0.4) is 0 Å². The van der Waals surface area contributed by atoms with E-state index in [1.807, 2.05) is 6.07 Å². The van der Waals surface area contributed by atoms with E-state index in [2.05, 4.69) is 35.8 Å². The summed E-state index contributed by atoms with van der Waals surface area (Å²) in [5, 5.41) is 10.4. The maximum Gasteiger partial charge on any atom is 0.161 e. The van der Waals surface area contributed by atoms with Crippen molar-refractivity contribution in [2.75, 3.05) is 39.9 Å². The van der Waals surface area contributed by atoms with Gasteiger partial charge < -0.3 is 19.5 Å². The Kier molecular flexibility index (Phi) is 7.61. The minimum absolute atomic E-state index is 0.264. The van der Waals surface area contributed by atoms with Crippen molar-refractivity contribution in [1.29, 1.82) is 0 Å². The number of likely N-dealkylation sites (tertiary alicyclic amines) is 2. The average molecular weight is 391 g/mol. The van der Waals surface area contributed by atoms with Gasteiger partial charge in [-0.05, 0) is 76.9 Å². The molecular weight excluding hydrogens is 352 g/mol. The zero-order valence-electron chi connectivity index (χ0n) is 18.0. The van der Waals surface area contributed by atoms with Crippen molar-refractivity contribution in [2.45, 2.75) is 70.6 Å². The minimum Gasteiger partial charge on any atom is -0.493 e. The minimum atomic E-state index is -0.479. The molecule has 0 saturated carbocycles. The molecule has 3 rings (SSSR count). The van der Waals surface area contributed by atoms with Crippen molar-refractivity contribution < 1.29 is 14.6 Å². The van der Waals surface area contributed by atoms with Crippen molar-refractivity contribution in [3.8, 4) is 11.5 Å². The van der Waals surface area contributed by atoms with E-state index >= 15 is 0 Å². The molecule has 1 aromatic carbocycles. The van der Waals surface area contributed by atoms with Crippen molar-refractivity contribution in [3.63, 3.8) is 0 Å². The zero-order chi connectivity index (χ0) is 20.0. The molecule has 158 valence electrons. The molecule has 1 aromatic rings. The molecule has 1 N–H and O–H groups in total. The van der Waals surface area contributed by atoms with E-state index in [1.54, 1.807) is 7.11 Å². The van der Waals surface area contributed by atoms with Crippen LogP contribution < -0.4 is 9.47 Å². The molecule has 5 heteroatoms. The van der Waals surface area contributed by atoms with Crippen LogP contribution in [0.25, 0.3) is 0 Å². The highest BCUT2D eigenvalue weighted by Crippen LogP contribution is 2.33. The van der Waals surface area contributed by atoms with Crippen LogP contribution in [-0.4, -0.2) is 66.4 Å². The van der Waals surface area contributed by atoms with Crippen LogP contribution in [0.15, 0.2) is 18.2 Å². The number of aliphatic hydroxyl groups is 1. The highest BCUT2D eigenvalue weighted by Gasteiger charge is 2.31. The first-order chi connectivity index (χ1) is 13.5. The molecule has 2 aliphatic rings. The number of ether oxygens (including phenoxy) is 2. The van der Waals surface area contributed by atoms with E-state index in [1.165, 1.54) is 44.1 Å². The van der Waals surface area contributed by atoms with E-state index in [-0.39, 0.29) is 5.54 Å². The summed E-state index contributed by atoms with van der Waals surface area (Å²) in [6.07, 6.45) is 7.11. The second kappa shape index (κ2) is 9.95. The van der Waals surface area contributed by atoms with Crippen molar-refractivity contribution >= 4 is 0 Å². The van der Waals surface area contributed by atoms with Gasteiger partial charge in [0, 0.05) is 18.6 Å². The van der Waals surface area contributed by atoms with Gasteiger partial charge in [-0.1, -0.05) is 18.9 Å². The number of rotatable bonds is 8. The standard InChI is InChI=1S/C23H38N2O3/c1-23(2)11-8-14-25(23)16-19-9-10-21(22(15-19)27-3)28-18-20(26)17-24-12-6-4-5-7-13-24/h9-10,15,20,26H,4-8,11-14,16-18H2,1-3H3/t20-/m1/s1. The molecule has 2 saturated heterocycles. The Labute approximate surface area is 170 Å². The van der Waals surface area contributed by atoms with Gasteiger partial charge in [0.25, 0.3) is 0 Å². The van der Waals surface area contributed by atoms with E-state index < -0.39 is 6.10 Å². The number of aliphatic hydroxyl groups excluding tert-OH is 1. The number of benzene rings is 1. The van der Waals surface area contributed by atoms with Gasteiger partial charge in [-0.25, -0.2) is 0 Å². The Morgan fingerprint density at radius 2 is 1.79 bits per heavy atom. The summed E-state index contributed by atoms with van der Waals surface area (Å²) < 4.78 is 11.5. The molecule has 2 aliphatic heterocycles. The summed E-state index contributed by atoms with van der Waals surface area (Å²) in [4.78, 5) is 4.90. The summed E-state index contributed by atoms with van der Waals surface area (Å²) in [6.45, 7) is 9.87. The monoisotopic (exact) mass is 390 g/mol. The SMILES string of the molecule is COc1cc(CN2CCCC2(C)C)ccc1OC[C@H](O)CN1CCCCCC1. The summed E-state index contributed by atoms with van der Waals surface area (Å²) >= 11 is 0. The summed E-state index contributed by atoms with van der Waals surface area (Å²) in [5.74, 6) is 1.46. The van der Waals surface area contributed by atoms with Gasteiger partial charge >= 0.3 is 0 Å². The van der Waals surface area contributed by atoms with Gasteiger partial charge in [0.05, 0.1) is 7.11 Å². The molecule has 0 spiro atoms. The molecule has 28 heavy (non-hydrogen) atoms. The smallest absolute Gasteiger partial charge is 0.161 e. The fourth-order valence-corrected chi connectivity index (χ4v) is 4.46. The normalized spacial score (nSPS) is 22.0. The maximum absolute atomic E-state index is 10.4. The average Bonchev–Trinajstić information content (AvgIpc) is 2.86. The number of hydrogen-bond acceptors (Lipinski definition) is 5. The van der Waals surface area contributed by atoms with Gasteiger partial charge in [-0.3, -0.25) is 4.90 Å². The molecule has 0 aliphatic carbocycles. The molecule has 0 bridgehead atoms. The van der Waals surface area contributed by atoms with E-state index in [0.29, 0.717) is 18.9 Å². The molecule has 0 unspecified atom stereocenters.